The van der Waals surface area contributed by atoms with Gasteiger partial charge in [0.2, 0.25) is 0 Å². The molecule has 0 heterocycles. The first-order chi connectivity index (χ1) is 20.0. The molecule has 0 atom stereocenters. The molecular formula is C37H58F3P. The molecule has 4 heteroatoms. The van der Waals surface area contributed by atoms with E-state index in [0.29, 0.717) is 0 Å². The zero-order chi connectivity index (χ0) is 29.6. The van der Waals surface area contributed by atoms with Crippen molar-refractivity contribution in [3.05, 3.63) is 54.1 Å². The van der Waals surface area contributed by atoms with E-state index in [9.17, 15) is 13.2 Å². The van der Waals surface area contributed by atoms with Gasteiger partial charge in [0, 0.05) is 0 Å². The Morgan fingerprint density at radius 1 is 0.488 bits per heavy atom. The van der Waals surface area contributed by atoms with E-state index < -0.39 is 11.7 Å². The van der Waals surface area contributed by atoms with Gasteiger partial charge in [0.05, 0.1) is 5.56 Å². The molecule has 2 aromatic carbocycles. The van der Waals surface area contributed by atoms with Gasteiger partial charge in [-0.3, -0.25) is 0 Å². The number of hydrogen-bond donors (Lipinski definition) is 0. The highest BCUT2D eigenvalue weighted by Gasteiger charge is 2.30. The molecule has 41 heavy (non-hydrogen) atoms. The number of alkyl halides is 3. The maximum absolute atomic E-state index is 13.2. The van der Waals surface area contributed by atoms with Crippen LogP contribution < -0.4 is 5.30 Å². The normalized spacial score (nSPS) is 12.0. The van der Waals surface area contributed by atoms with E-state index in [-0.39, 0.29) is 7.92 Å². The standard InChI is InChI=1S/C37H58F3P/c1-3-5-7-9-11-13-15-17-19-23-31-41(32-24-20-18-16-14-12-10-8-6-4-2)36-26-22-21-25-35(36)33-27-29-34(30-28-33)37(38,39)40/h21-22,25-30H,3-20,23-24,31-32H2,1-2H3. The molecule has 2 aromatic rings. The summed E-state index contributed by atoms with van der Waals surface area (Å²) in [6.45, 7) is 4.54. The highest BCUT2D eigenvalue weighted by molar-refractivity contribution is 7.65. The summed E-state index contributed by atoms with van der Waals surface area (Å²) in [4.78, 5) is 0. The molecule has 0 saturated carbocycles. The third-order valence-corrected chi connectivity index (χ3v) is 11.1. The topological polar surface area (TPSA) is 0 Å². The zero-order valence-corrected chi connectivity index (χ0v) is 27.2. The summed E-state index contributed by atoms with van der Waals surface area (Å²) >= 11 is 0. The molecule has 0 amide bonds. The molecule has 0 radical (unpaired) electrons. The Morgan fingerprint density at radius 3 is 1.29 bits per heavy atom. The van der Waals surface area contributed by atoms with Crippen LogP contribution in [0.2, 0.25) is 0 Å². The monoisotopic (exact) mass is 590 g/mol. The molecule has 0 nitrogen and oxygen atoms in total. The third kappa shape index (κ3) is 15.6. The van der Waals surface area contributed by atoms with Crippen LogP contribution in [0.15, 0.2) is 48.5 Å². The number of halogens is 3. The van der Waals surface area contributed by atoms with Gasteiger partial charge in [0.1, 0.15) is 0 Å². The van der Waals surface area contributed by atoms with Crippen molar-refractivity contribution in [2.75, 3.05) is 12.3 Å². The molecule has 0 saturated heterocycles. The average Bonchev–Trinajstić information content (AvgIpc) is 2.97. The SMILES string of the molecule is CCCCCCCCCCCCP(CCCCCCCCCCCC)c1ccccc1-c1ccc(C(F)(F)F)cc1. The summed E-state index contributed by atoms with van der Waals surface area (Å²) in [5.74, 6) is 0. The van der Waals surface area contributed by atoms with Gasteiger partial charge >= 0.3 is 6.18 Å². The zero-order valence-electron chi connectivity index (χ0n) is 26.3. The van der Waals surface area contributed by atoms with Gasteiger partial charge in [-0.05, 0) is 53.7 Å². The van der Waals surface area contributed by atoms with Crippen LogP contribution in [0, 0.1) is 0 Å². The fourth-order valence-corrected chi connectivity index (χ4v) is 8.52. The Labute approximate surface area is 252 Å². The van der Waals surface area contributed by atoms with Gasteiger partial charge in [-0.2, -0.15) is 13.2 Å². The molecule has 232 valence electrons. The molecule has 0 aromatic heterocycles. The first-order valence-corrected chi connectivity index (χ1v) is 18.7. The maximum atomic E-state index is 13.2. The van der Waals surface area contributed by atoms with E-state index in [0.717, 1.165) is 11.1 Å². The third-order valence-electron chi connectivity index (χ3n) is 8.33. The number of hydrogen-bond acceptors (Lipinski definition) is 0. The van der Waals surface area contributed by atoms with Crippen molar-refractivity contribution in [1.29, 1.82) is 0 Å². The second kappa shape index (κ2) is 22.2. The summed E-state index contributed by atoms with van der Waals surface area (Å²) in [6.07, 6.45) is 25.1. The molecule has 0 fully saturated rings. The van der Waals surface area contributed by atoms with Gasteiger partial charge in [0.15, 0.2) is 0 Å². The summed E-state index contributed by atoms with van der Waals surface area (Å²) in [7, 11) is -0.322. The highest BCUT2D eigenvalue weighted by Crippen LogP contribution is 2.41. The van der Waals surface area contributed by atoms with E-state index in [1.807, 2.05) is 6.07 Å². The number of unbranched alkanes of at least 4 members (excludes halogenated alkanes) is 18. The Bertz CT molecular complexity index is 866. The fraction of sp³-hybridized carbons (Fsp3) is 0.676. The Balaban J connectivity index is 1.92. The van der Waals surface area contributed by atoms with Crippen LogP contribution in [0.1, 0.15) is 148 Å². The fourth-order valence-electron chi connectivity index (χ4n) is 5.77. The first-order valence-electron chi connectivity index (χ1n) is 17.0. The van der Waals surface area contributed by atoms with Gasteiger partial charge in [-0.25, -0.2) is 0 Å². The Kier molecular flexibility index (Phi) is 19.4. The van der Waals surface area contributed by atoms with Gasteiger partial charge in [-0.1, -0.05) is 174 Å². The van der Waals surface area contributed by atoms with E-state index >= 15 is 0 Å². The maximum Gasteiger partial charge on any atom is 0.416 e. The van der Waals surface area contributed by atoms with Crippen LogP contribution in [0.3, 0.4) is 0 Å². The average molecular weight is 591 g/mol. The van der Waals surface area contributed by atoms with E-state index in [4.69, 9.17) is 0 Å². The van der Waals surface area contributed by atoms with Gasteiger partial charge in [-0.15, -0.1) is 0 Å². The Hall–Kier alpha value is -1.34. The van der Waals surface area contributed by atoms with Crippen molar-refractivity contribution in [1.82, 2.24) is 0 Å². The van der Waals surface area contributed by atoms with Crippen molar-refractivity contribution in [2.24, 2.45) is 0 Å². The molecule has 2 rings (SSSR count). The molecule has 0 aliphatic heterocycles. The number of benzene rings is 2. The quantitative estimate of drug-likeness (QED) is 0.0843. The highest BCUT2D eigenvalue weighted by atomic mass is 31.1. The predicted molar refractivity (Wildman–Crippen MR) is 177 cm³/mol. The molecule has 0 unspecified atom stereocenters. The van der Waals surface area contributed by atoms with Crippen molar-refractivity contribution in [3.8, 4) is 11.1 Å². The second-order valence-corrected chi connectivity index (χ2v) is 14.4. The molecule has 0 bridgehead atoms. The van der Waals surface area contributed by atoms with E-state index in [2.05, 4.69) is 32.0 Å². The van der Waals surface area contributed by atoms with Gasteiger partial charge in [0.25, 0.3) is 0 Å². The summed E-state index contributed by atoms with van der Waals surface area (Å²) in [5.41, 5.74) is 1.47. The summed E-state index contributed by atoms with van der Waals surface area (Å²) < 4.78 is 39.5. The van der Waals surface area contributed by atoms with Crippen LogP contribution in [0.5, 0.6) is 0 Å². The molecule has 0 spiro atoms. The minimum Gasteiger partial charge on any atom is -0.166 e. The Morgan fingerprint density at radius 2 is 0.878 bits per heavy atom. The van der Waals surface area contributed by atoms with E-state index in [1.54, 1.807) is 12.1 Å². The second-order valence-electron chi connectivity index (χ2n) is 11.9. The molecule has 0 aliphatic carbocycles. The van der Waals surface area contributed by atoms with Crippen LogP contribution in [-0.2, 0) is 6.18 Å². The summed E-state index contributed by atoms with van der Waals surface area (Å²) in [6, 6.07) is 14.3. The lowest BCUT2D eigenvalue weighted by atomic mass is 10.0. The minimum atomic E-state index is -4.30. The molecular weight excluding hydrogens is 532 g/mol. The summed E-state index contributed by atoms with van der Waals surface area (Å²) in [5, 5.41) is 1.38. The minimum absolute atomic E-state index is 0.322. The lowest BCUT2D eigenvalue weighted by Gasteiger charge is -2.22. The van der Waals surface area contributed by atoms with Crippen molar-refractivity contribution in [2.45, 2.75) is 148 Å². The van der Waals surface area contributed by atoms with Crippen molar-refractivity contribution < 1.29 is 13.2 Å². The van der Waals surface area contributed by atoms with Crippen LogP contribution >= 0.6 is 7.92 Å². The number of rotatable bonds is 24. The largest absolute Gasteiger partial charge is 0.416 e. The predicted octanol–water partition coefficient (Wildman–Crippen LogP) is 13.3. The molecule has 0 N–H and O–H groups in total. The van der Waals surface area contributed by atoms with Crippen LogP contribution in [0.4, 0.5) is 13.2 Å². The van der Waals surface area contributed by atoms with Crippen LogP contribution in [-0.4, -0.2) is 12.3 Å². The molecule has 0 aliphatic rings. The van der Waals surface area contributed by atoms with Gasteiger partial charge < -0.3 is 0 Å². The van der Waals surface area contributed by atoms with Crippen LogP contribution in [0.25, 0.3) is 11.1 Å². The van der Waals surface area contributed by atoms with E-state index in [1.165, 1.54) is 158 Å². The van der Waals surface area contributed by atoms with Crippen molar-refractivity contribution in [3.63, 3.8) is 0 Å². The first kappa shape index (κ1) is 35.9. The smallest absolute Gasteiger partial charge is 0.166 e. The lowest BCUT2D eigenvalue weighted by Crippen LogP contribution is -2.10. The van der Waals surface area contributed by atoms with Crippen molar-refractivity contribution >= 4 is 13.2 Å². The lowest BCUT2D eigenvalue weighted by molar-refractivity contribution is -0.137.